The fourth-order valence-corrected chi connectivity index (χ4v) is 3.39. The molecule has 19 heavy (non-hydrogen) atoms. The maximum absolute atomic E-state index is 12.7. The molecule has 1 unspecified atom stereocenters. The Morgan fingerprint density at radius 1 is 1.21 bits per heavy atom. The lowest BCUT2D eigenvalue weighted by molar-refractivity contribution is -0.136. The van der Waals surface area contributed by atoms with Crippen LogP contribution in [0.5, 0.6) is 0 Å². The maximum atomic E-state index is 12.7. The number of hydrogen-bond acceptors (Lipinski definition) is 2. The van der Waals surface area contributed by atoms with E-state index in [-0.39, 0.29) is 11.3 Å². The molecule has 2 aliphatic carbocycles. The minimum absolute atomic E-state index is 0.239. The van der Waals surface area contributed by atoms with Crippen LogP contribution in [0.4, 0.5) is 0 Å². The first-order valence-electron chi connectivity index (χ1n) is 8.07. The van der Waals surface area contributed by atoms with Crippen molar-refractivity contribution >= 4 is 5.91 Å². The van der Waals surface area contributed by atoms with E-state index in [9.17, 15) is 4.79 Å². The molecule has 0 saturated heterocycles. The molecule has 0 radical (unpaired) electrons. The summed E-state index contributed by atoms with van der Waals surface area (Å²) in [6, 6.07) is 0.484. The van der Waals surface area contributed by atoms with Crippen molar-refractivity contribution in [3.8, 4) is 0 Å². The SMILES string of the molecule is CC1(C)CC1C(=O)N(CCCN)C1CCCCCC1. The fraction of sp³-hybridized carbons (Fsp3) is 0.938. The number of rotatable bonds is 5. The third kappa shape index (κ3) is 3.71. The first-order valence-corrected chi connectivity index (χ1v) is 8.07. The van der Waals surface area contributed by atoms with Gasteiger partial charge in [-0.3, -0.25) is 4.79 Å². The summed E-state index contributed by atoms with van der Waals surface area (Å²) in [6.07, 6.45) is 9.64. The molecular formula is C16H30N2O. The summed E-state index contributed by atoms with van der Waals surface area (Å²) in [6.45, 7) is 5.98. The van der Waals surface area contributed by atoms with Crippen LogP contribution in [0.25, 0.3) is 0 Å². The van der Waals surface area contributed by atoms with Crippen molar-refractivity contribution in [1.29, 1.82) is 0 Å². The number of carbonyl (C=O) groups is 1. The molecule has 3 nitrogen and oxygen atoms in total. The van der Waals surface area contributed by atoms with Gasteiger partial charge in [-0.2, -0.15) is 0 Å². The maximum Gasteiger partial charge on any atom is 0.226 e. The van der Waals surface area contributed by atoms with Crippen LogP contribution in [0.1, 0.15) is 65.2 Å². The van der Waals surface area contributed by atoms with Gasteiger partial charge in [0.1, 0.15) is 0 Å². The van der Waals surface area contributed by atoms with Gasteiger partial charge >= 0.3 is 0 Å². The minimum atomic E-state index is 0.239. The van der Waals surface area contributed by atoms with Crippen LogP contribution in [0, 0.1) is 11.3 Å². The summed E-state index contributed by atoms with van der Waals surface area (Å²) in [7, 11) is 0. The summed E-state index contributed by atoms with van der Waals surface area (Å²) in [4.78, 5) is 14.9. The highest BCUT2D eigenvalue weighted by molar-refractivity contribution is 5.82. The van der Waals surface area contributed by atoms with E-state index < -0.39 is 0 Å². The van der Waals surface area contributed by atoms with E-state index in [2.05, 4.69) is 18.7 Å². The van der Waals surface area contributed by atoms with Crippen molar-refractivity contribution < 1.29 is 4.79 Å². The van der Waals surface area contributed by atoms with Gasteiger partial charge in [-0.05, 0) is 37.6 Å². The first-order chi connectivity index (χ1) is 9.06. The summed E-state index contributed by atoms with van der Waals surface area (Å²) in [5.41, 5.74) is 5.88. The Morgan fingerprint density at radius 3 is 2.26 bits per heavy atom. The average molecular weight is 266 g/mol. The number of amides is 1. The minimum Gasteiger partial charge on any atom is -0.339 e. The standard InChI is InChI=1S/C16H30N2O/c1-16(2)12-14(16)15(19)18(11-7-10-17)13-8-5-3-4-6-9-13/h13-14H,3-12,17H2,1-2H3. The largest absolute Gasteiger partial charge is 0.339 e. The molecule has 1 atom stereocenters. The van der Waals surface area contributed by atoms with Gasteiger partial charge < -0.3 is 10.6 Å². The van der Waals surface area contributed by atoms with Gasteiger partial charge in [0.25, 0.3) is 0 Å². The molecule has 0 aromatic heterocycles. The summed E-state index contributed by atoms with van der Waals surface area (Å²) in [5, 5.41) is 0. The van der Waals surface area contributed by atoms with Gasteiger partial charge in [0.05, 0.1) is 0 Å². The van der Waals surface area contributed by atoms with E-state index in [1.165, 1.54) is 38.5 Å². The molecule has 0 spiro atoms. The van der Waals surface area contributed by atoms with Crippen LogP contribution in [-0.2, 0) is 4.79 Å². The zero-order valence-electron chi connectivity index (χ0n) is 12.7. The lowest BCUT2D eigenvalue weighted by atomic mass is 10.0. The second-order valence-corrected chi connectivity index (χ2v) is 7.06. The molecular weight excluding hydrogens is 236 g/mol. The molecule has 0 heterocycles. The van der Waals surface area contributed by atoms with E-state index in [1.807, 2.05) is 0 Å². The van der Waals surface area contributed by atoms with Gasteiger partial charge in [-0.15, -0.1) is 0 Å². The second-order valence-electron chi connectivity index (χ2n) is 7.06. The van der Waals surface area contributed by atoms with Crippen molar-refractivity contribution in [2.75, 3.05) is 13.1 Å². The lowest BCUT2D eigenvalue weighted by Gasteiger charge is -2.32. The Hall–Kier alpha value is -0.570. The molecule has 0 bridgehead atoms. The van der Waals surface area contributed by atoms with Crippen molar-refractivity contribution in [2.24, 2.45) is 17.1 Å². The quantitative estimate of drug-likeness (QED) is 0.778. The van der Waals surface area contributed by atoms with Gasteiger partial charge in [0.2, 0.25) is 5.91 Å². The molecule has 110 valence electrons. The van der Waals surface area contributed by atoms with Gasteiger partial charge in [0, 0.05) is 18.5 Å². The van der Waals surface area contributed by atoms with E-state index in [0.717, 1.165) is 19.4 Å². The summed E-state index contributed by atoms with van der Waals surface area (Å²) in [5.74, 6) is 0.680. The highest BCUT2D eigenvalue weighted by Crippen LogP contribution is 2.52. The Kier molecular flexibility index (Phi) is 4.88. The molecule has 2 N–H and O–H groups in total. The Labute approximate surface area is 117 Å². The van der Waals surface area contributed by atoms with E-state index in [4.69, 9.17) is 5.73 Å². The van der Waals surface area contributed by atoms with Crippen LogP contribution in [0.15, 0.2) is 0 Å². The number of hydrogen-bond donors (Lipinski definition) is 1. The van der Waals surface area contributed by atoms with Crippen LogP contribution in [0.2, 0.25) is 0 Å². The Balaban J connectivity index is 1.99. The Morgan fingerprint density at radius 2 is 1.79 bits per heavy atom. The van der Waals surface area contributed by atoms with Crippen molar-refractivity contribution in [1.82, 2.24) is 4.90 Å². The summed E-state index contributed by atoms with van der Waals surface area (Å²) < 4.78 is 0. The predicted molar refractivity (Wildman–Crippen MR) is 78.8 cm³/mol. The van der Waals surface area contributed by atoms with Gasteiger partial charge in [0.15, 0.2) is 0 Å². The zero-order valence-corrected chi connectivity index (χ0v) is 12.7. The van der Waals surface area contributed by atoms with Crippen molar-refractivity contribution in [3.05, 3.63) is 0 Å². The molecule has 2 rings (SSSR count). The lowest BCUT2D eigenvalue weighted by Crippen LogP contribution is -2.42. The average Bonchev–Trinajstić information content (AvgIpc) is 3.08. The van der Waals surface area contributed by atoms with Crippen molar-refractivity contribution in [2.45, 2.75) is 71.3 Å². The van der Waals surface area contributed by atoms with Crippen LogP contribution in [0.3, 0.4) is 0 Å². The highest BCUT2D eigenvalue weighted by atomic mass is 16.2. The third-order valence-electron chi connectivity index (χ3n) is 4.96. The van der Waals surface area contributed by atoms with Gasteiger partial charge in [-0.25, -0.2) is 0 Å². The first kappa shape index (κ1) is 14.8. The molecule has 0 aromatic carbocycles. The topological polar surface area (TPSA) is 46.3 Å². The van der Waals surface area contributed by atoms with Crippen LogP contribution < -0.4 is 5.73 Å². The van der Waals surface area contributed by atoms with Crippen molar-refractivity contribution in [3.63, 3.8) is 0 Å². The fourth-order valence-electron chi connectivity index (χ4n) is 3.39. The molecule has 2 fully saturated rings. The molecule has 2 saturated carbocycles. The van der Waals surface area contributed by atoms with E-state index in [1.54, 1.807) is 0 Å². The number of carbonyl (C=O) groups excluding carboxylic acids is 1. The van der Waals surface area contributed by atoms with Gasteiger partial charge in [-0.1, -0.05) is 39.5 Å². The monoisotopic (exact) mass is 266 g/mol. The third-order valence-corrected chi connectivity index (χ3v) is 4.96. The second kappa shape index (κ2) is 6.25. The molecule has 3 heteroatoms. The molecule has 0 aromatic rings. The normalized spacial score (nSPS) is 26.8. The van der Waals surface area contributed by atoms with E-state index in [0.29, 0.717) is 18.5 Å². The number of nitrogens with two attached hydrogens (primary N) is 1. The van der Waals surface area contributed by atoms with E-state index >= 15 is 0 Å². The summed E-state index contributed by atoms with van der Waals surface area (Å²) >= 11 is 0. The van der Waals surface area contributed by atoms with Crippen LogP contribution in [-0.4, -0.2) is 29.9 Å². The Bertz CT molecular complexity index is 306. The molecule has 0 aliphatic heterocycles. The highest BCUT2D eigenvalue weighted by Gasteiger charge is 2.52. The molecule has 2 aliphatic rings. The van der Waals surface area contributed by atoms with Crippen LogP contribution >= 0.6 is 0 Å². The smallest absolute Gasteiger partial charge is 0.226 e. The molecule has 1 amide bonds. The zero-order chi connectivity index (χ0) is 13.9. The number of nitrogens with zero attached hydrogens (tertiary/aromatic N) is 1. The predicted octanol–water partition coefficient (Wildman–Crippen LogP) is 2.93.